The number of carbonyl (C=O) groups is 1. The van der Waals surface area contributed by atoms with Gasteiger partial charge in [0.25, 0.3) is 0 Å². The number of methoxy groups -OCH3 is 2. The molecule has 0 saturated carbocycles. The van der Waals surface area contributed by atoms with E-state index in [1.54, 1.807) is 29.2 Å². The number of nitriles is 1. The van der Waals surface area contributed by atoms with E-state index in [9.17, 15) is 23.2 Å². The van der Waals surface area contributed by atoms with Crippen LogP contribution in [0.5, 0.6) is 11.5 Å². The molecule has 212 valence electrons. The van der Waals surface area contributed by atoms with Crippen LogP contribution >= 0.6 is 23.1 Å². The molecule has 5 rings (SSSR count). The van der Waals surface area contributed by atoms with E-state index in [0.717, 1.165) is 12.1 Å². The maximum Gasteiger partial charge on any atom is 0.416 e. The van der Waals surface area contributed by atoms with E-state index in [0.29, 0.717) is 62.6 Å². The van der Waals surface area contributed by atoms with Gasteiger partial charge in [0.1, 0.15) is 5.82 Å². The first-order valence-corrected chi connectivity index (χ1v) is 14.3. The molecule has 1 unspecified atom stereocenters. The summed E-state index contributed by atoms with van der Waals surface area (Å²) in [5.41, 5.74) is 8.24. The van der Waals surface area contributed by atoms with Crippen LogP contribution in [0.2, 0.25) is 0 Å². The van der Waals surface area contributed by atoms with Crippen molar-refractivity contribution >= 4 is 34.0 Å². The number of halogens is 3. The number of hydrogen-bond donors (Lipinski definition) is 1. The van der Waals surface area contributed by atoms with Crippen LogP contribution in [-0.4, -0.2) is 30.2 Å². The molecule has 0 fully saturated rings. The summed E-state index contributed by atoms with van der Waals surface area (Å²) >= 11 is 2.42. The molecule has 2 heterocycles. The molecular formula is C28H24F3N5O3S2. The van der Waals surface area contributed by atoms with Crippen molar-refractivity contribution < 1.29 is 27.4 Å². The Morgan fingerprint density at radius 2 is 1.95 bits per heavy atom. The molecule has 0 saturated heterocycles. The van der Waals surface area contributed by atoms with E-state index in [1.807, 2.05) is 0 Å². The first-order chi connectivity index (χ1) is 19.7. The van der Waals surface area contributed by atoms with E-state index < -0.39 is 17.7 Å². The lowest BCUT2D eigenvalue weighted by Gasteiger charge is -2.38. The maximum absolute atomic E-state index is 13.4. The van der Waals surface area contributed by atoms with Gasteiger partial charge in [-0.3, -0.25) is 9.69 Å². The molecule has 41 heavy (non-hydrogen) atoms. The van der Waals surface area contributed by atoms with Crippen molar-refractivity contribution in [3.05, 3.63) is 81.8 Å². The van der Waals surface area contributed by atoms with Gasteiger partial charge in [0.05, 0.1) is 37.3 Å². The number of ether oxygens (including phenoxy) is 2. The topological polar surface area (TPSA) is 114 Å². The molecule has 13 heteroatoms. The molecule has 1 aromatic heterocycles. The molecular weight excluding hydrogens is 575 g/mol. The third kappa shape index (κ3) is 5.37. The number of benzene rings is 2. The second-order valence-corrected chi connectivity index (χ2v) is 11.4. The van der Waals surface area contributed by atoms with Crippen LogP contribution in [0.4, 0.5) is 18.3 Å². The van der Waals surface area contributed by atoms with Gasteiger partial charge in [0.2, 0.25) is 5.13 Å². The number of para-hydroxylation sites is 1. The number of alkyl halides is 3. The average molecular weight is 600 g/mol. The summed E-state index contributed by atoms with van der Waals surface area (Å²) in [6.07, 6.45) is -2.98. The summed E-state index contributed by atoms with van der Waals surface area (Å²) < 4.78 is 50.9. The van der Waals surface area contributed by atoms with Crippen molar-refractivity contribution in [2.75, 3.05) is 19.1 Å². The Balaban J connectivity index is 1.52. The summed E-state index contributed by atoms with van der Waals surface area (Å²) in [5, 5.41) is 19.1. The van der Waals surface area contributed by atoms with Crippen LogP contribution in [0, 0.1) is 11.3 Å². The Kier molecular flexibility index (Phi) is 7.97. The van der Waals surface area contributed by atoms with Crippen molar-refractivity contribution in [2.24, 2.45) is 5.73 Å². The van der Waals surface area contributed by atoms with E-state index in [4.69, 9.17) is 15.2 Å². The van der Waals surface area contributed by atoms with Crippen molar-refractivity contribution in [3.63, 3.8) is 0 Å². The third-order valence-electron chi connectivity index (χ3n) is 6.86. The Morgan fingerprint density at radius 3 is 2.66 bits per heavy atom. The van der Waals surface area contributed by atoms with Gasteiger partial charge >= 0.3 is 6.18 Å². The third-order valence-corrected chi connectivity index (χ3v) is 8.97. The number of aromatic nitrogens is 2. The smallest absolute Gasteiger partial charge is 0.416 e. The zero-order chi connectivity index (χ0) is 29.3. The van der Waals surface area contributed by atoms with Crippen LogP contribution < -0.4 is 20.1 Å². The first-order valence-electron chi connectivity index (χ1n) is 12.5. The minimum absolute atomic E-state index is 0.102. The van der Waals surface area contributed by atoms with Crippen molar-refractivity contribution in [1.82, 2.24) is 10.2 Å². The van der Waals surface area contributed by atoms with Gasteiger partial charge < -0.3 is 15.2 Å². The highest BCUT2D eigenvalue weighted by Crippen LogP contribution is 2.50. The lowest BCUT2D eigenvalue weighted by atomic mass is 9.75. The summed E-state index contributed by atoms with van der Waals surface area (Å²) in [6, 6.07) is 12.6. The molecule has 0 bridgehead atoms. The van der Waals surface area contributed by atoms with Gasteiger partial charge in [-0.25, -0.2) is 0 Å². The largest absolute Gasteiger partial charge is 0.493 e. The number of nitrogens with two attached hydrogens (primary N) is 1. The number of hydrogen-bond acceptors (Lipinski definition) is 10. The lowest BCUT2D eigenvalue weighted by Crippen LogP contribution is -2.38. The predicted octanol–water partition coefficient (Wildman–Crippen LogP) is 6.17. The monoisotopic (exact) mass is 599 g/mol. The van der Waals surface area contributed by atoms with E-state index in [2.05, 4.69) is 16.3 Å². The highest BCUT2D eigenvalue weighted by atomic mass is 32.2. The number of thioether (sulfide) groups is 1. The second-order valence-electron chi connectivity index (χ2n) is 9.24. The van der Waals surface area contributed by atoms with Crippen LogP contribution in [0.15, 0.2) is 69.5 Å². The number of allylic oxidation sites excluding steroid dienone is 3. The van der Waals surface area contributed by atoms with Gasteiger partial charge in [-0.15, -0.1) is 10.2 Å². The highest BCUT2D eigenvalue weighted by Gasteiger charge is 2.42. The summed E-state index contributed by atoms with van der Waals surface area (Å²) in [7, 11) is 3.00. The SMILES string of the molecule is COc1cccc(C2C(C#N)=C(N)N(c3nnc(SCc4cccc(C(F)(F)F)c4)s3)C3=C2C(=O)CCC3)c1OC. The number of ketones is 1. The van der Waals surface area contributed by atoms with Gasteiger partial charge in [0.15, 0.2) is 21.6 Å². The van der Waals surface area contributed by atoms with Crippen LogP contribution in [0.25, 0.3) is 0 Å². The fourth-order valence-corrected chi connectivity index (χ4v) is 6.91. The molecule has 2 aromatic carbocycles. The Hall–Kier alpha value is -4.02. The highest BCUT2D eigenvalue weighted by molar-refractivity contribution is 8.00. The number of rotatable bonds is 7. The fourth-order valence-electron chi connectivity index (χ4n) is 5.09. The Bertz CT molecular complexity index is 1610. The van der Waals surface area contributed by atoms with E-state index in [-0.39, 0.29) is 22.9 Å². The molecule has 2 N–H and O–H groups in total. The maximum atomic E-state index is 13.4. The van der Waals surface area contributed by atoms with Gasteiger partial charge in [-0.05, 0) is 30.5 Å². The molecule has 3 aromatic rings. The molecule has 0 amide bonds. The zero-order valence-corrected chi connectivity index (χ0v) is 23.6. The number of carbonyl (C=O) groups excluding carboxylic acids is 1. The summed E-state index contributed by atoms with van der Waals surface area (Å²) in [4.78, 5) is 15.0. The molecule has 0 spiro atoms. The van der Waals surface area contributed by atoms with Crippen LogP contribution in [0.1, 0.15) is 41.9 Å². The average Bonchev–Trinajstić information content (AvgIpc) is 3.43. The van der Waals surface area contributed by atoms with E-state index >= 15 is 0 Å². The lowest BCUT2D eigenvalue weighted by molar-refractivity contribution is -0.137. The normalized spacial score (nSPS) is 17.4. The van der Waals surface area contributed by atoms with E-state index in [1.165, 1.54) is 43.4 Å². The van der Waals surface area contributed by atoms with Gasteiger partial charge in [-0.2, -0.15) is 18.4 Å². The van der Waals surface area contributed by atoms with Crippen molar-refractivity contribution in [1.29, 1.82) is 5.26 Å². The minimum atomic E-state index is -4.43. The molecule has 1 aliphatic carbocycles. The summed E-state index contributed by atoms with van der Waals surface area (Å²) in [5.74, 6) is 0.379. The number of nitrogens with zero attached hydrogens (tertiary/aromatic N) is 4. The Labute approximate surface area is 242 Å². The second kappa shape index (κ2) is 11.5. The molecule has 1 atom stereocenters. The van der Waals surface area contributed by atoms with Crippen molar-refractivity contribution in [2.45, 2.75) is 41.4 Å². The van der Waals surface area contributed by atoms with Crippen LogP contribution in [0.3, 0.4) is 0 Å². The predicted molar refractivity (Wildman–Crippen MR) is 148 cm³/mol. The summed E-state index contributed by atoms with van der Waals surface area (Å²) in [6.45, 7) is 0. The zero-order valence-electron chi connectivity index (χ0n) is 22.0. The number of Topliss-reactive ketones (excluding diaryl/α,β-unsaturated/α-hetero) is 1. The molecule has 8 nitrogen and oxygen atoms in total. The standard InChI is InChI=1S/C28H24F3N5O3S2/c1-38-21-11-4-8-17(24(21)39-2)22-18(13-32)25(33)36(19-9-5-10-20(37)23(19)22)26-34-35-27(41-26)40-14-15-6-3-7-16(12-15)28(29,30)31/h3-4,6-8,11-12,22H,5,9-10,14,33H2,1-2H3. The fraction of sp³-hybridized carbons (Fsp3) is 0.286. The van der Waals surface area contributed by atoms with Crippen molar-refractivity contribution in [3.8, 4) is 17.6 Å². The van der Waals surface area contributed by atoms with Gasteiger partial charge in [-0.1, -0.05) is 53.4 Å². The van der Waals surface area contributed by atoms with Crippen LogP contribution in [-0.2, 0) is 16.7 Å². The molecule has 2 aliphatic rings. The minimum Gasteiger partial charge on any atom is -0.493 e. The Morgan fingerprint density at radius 1 is 1.17 bits per heavy atom. The molecule has 0 radical (unpaired) electrons. The molecule has 1 aliphatic heterocycles. The number of anilines is 1. The van der Waals surface area contributed by atoms with Gasteiger partial charge in [0, 0.05) is 29.0 Å². The quantitative estimate of drug-likeness (QED) is 0.318. The first kappa shape index (κ1) is 28.5.